The highest BCUT2D eigenvalue weighted by Crippen LogP contribution is 2.24. The topological polar surface area (TPSA) is 49.2 Å². The van der Waals surface area contributed by atoms with Crippen molar-refractivity contribution in [2.45, 2.75) is 24.4 Å². The molecule has 3 rings (SSSR count). The standard InChI is InChI=1S/C19H21N3O2S/c1-14-7-4-5-10-17(14)24-12-18-20-21-19(22(18)2)25-13-15-8-6-9-16(11-15)23-3/h4-11H,12-13H2,1-3H3. The molecule has 0 aliphatic rings. The molecule has 0 atom stereocenters. The van der Waals surface area contributed by atoms with Gasteiger partial charge >= 0.3 is 0 Å². The van der Waals surface area contributed by atoms with Gasteiger partial charge in [-0.25, -0.2) is 0 Å². The van der Waals surface area contributed by atoms with Crippen LogP contribution in [0.15, 0.2) is 53.7 Å². The minimum Gasteiger partial charge on any atom is -0.497 e. The van der Waals surface area contributed by atoms with E-state index in [2.05, 4.69) is 16.3 Å². The number of methoxy groups -OCH3 is 1. The van der Waals surface area contributed by atoms with Crippen LogP contribution in [-0.2, 0) is 19.4 Å². The molecule has 0 fully saturated rings. The first kappa shape index (κ1) is 17.4. The lowest BCUT2D eigenvalue weighted by molar-refractivity contribution is 0.288. The molecule has 2 aromatic carbocycles. The SMILES string of the molecule is COc1cccc(CSc2nnc(COc3ccccc3C)n2C)c1. The summed E-state index contributed by atoms with van der Waals surface area (Å²) in [6, 6.07) is 16.0. The summed E-state index contributed by atoms with van der Waals surface area (Å²) in [4.78, 5) is 0. The smallest absolute Gasteiger partial charge is 0.191 e. The number of hydrogen-bond acceptors (Lipinski definition) is 5. The number of nitrogens with zero attached hydrogens (tertiary/aromatic N) is 3. The first-order valence-corrected chi connectivity index (χ1v) is 8.98. The fourth-order valence-electron chi connectivity index (χ4n) is 2.37. The van der Waals surface area contributed by atoms with Crippen molar-refractivity contribution in [2.75, 3.05) is 7.11 Å². The number of rotatable bonds is 7. The predicted molar refractivity (Wildman–Crippen MR) is 99.1 cm³/mol. The molecule has 0 saturated heterocycles. The molecule has 25 heavy (non-hydrogen) atoms. The summed E-state index contributed by atoms with van der Waals surface area (Å²) in [6.45, 7) is 2.43. The summed E-state index contributed by atoms with van der Waals surface area (Å²) in [5, 5.41) is 9.39. The molecule has 6 heteroatoms. The maximum atomic E-state index is 5.86. The summed E-state index contributed by atoms with van der Waals surface area (Å²) in [5.41, 5.74) is 2.29. The van der Waals surface area contributed by atoms with Gasteiger partial charge in [0.05, 0.1) is 7.11 Å². The number of thioether (sulfide) groups is 1. The summed E-state index contributed by atoms with van der Waals surface area (Å²) < 4.78 is 13.1. The molecule has 3 aromatic rings. The van der Waals surface area contributed by atoms with E-state index in [4.69, 9.17) is 9.47 Å². The van der Waals surface area contributed by atoms with Gasteiger partial charge in [-0.2, -0.15) is 0 Å². The fraction of sp³-hybridized carbons (Fsp3) is 0.263. The first-order chi connectivity index (χ1) is 12.2. The summed E-state index contributed by atoms with van der Waals surface area (Å²) in [7, 11) is 3.64. The van der Waals surface area contributed by atoms with Gasteiger partial charge in [-0.1, -0.05) is 42.1 Å². The Morgan fingerprint density at radius 2 is 1.92 bits per heavy atom. The first-order valence-electron chi connectivity index (χ1n) is 8.00. The summed E-state index contributed by atoms with van der Waals surface area (Å²) >= 11 is 1.64. The van der Waals surface area contributed by atoms with Crippen molar-refractivity contribution in [3.63, 3.8) is 0 Å². The molecule has 130 valence electrons. The van der Waals surface area contributed by atoms with Gasteiger partial charge in [0.25, 0.3) is 0 Å². The third-order valence-corrected chi connectivity index (χ3v) is 4.97. The Hall–Kier alpha value is -2.47. The van der Waals surface area contributed by atoms with E-state index in [1.165, 1.54) is 5.56 Å². The molecular weight excluding hydrogens is 334 g/mol. The van der Waals surface area contributed by atoms with Crippen LogP contribution in [0.4, 0.5) is 0 Å². The largest absolute Gasteiger partial charge is 0.497 e. The van der Waals surface area contributed by atoms with E-state index >= 15 is 0 Å². The molecule has 1 aromatic heterocycles. The normalized spacial score (nSPS) is 10.7. The van der Waals surface area contributed by atoms with E-state index in [1.54, 1.807) is 18.9 Å². The Balaban J connectivity index is 1.62. The molecular formula is C19H21N3O2S. The Bertz CT molecular complexity index is 848. The zero-order valence-electron chi connectivity index (χ0n) is 14.6. The van der Waals surface area contributed by atoms with Gasteiger partial charge in [-0.3, -0.25) is 0 Å². The van der Waals surface area contributed by atoms with Gasteiger partial charge in [-0.15, -0.1) is 10.2 Å². The van der Waals surface area contributed by atoms with Crippen molar-refractivity contribution in [2.24, 2.45) is 7.05 Å². The van der Waals surface area contributed by atoms with Crippen molar-refractivity contribution >= 4 is 11.8 Å². The minimum atomic E-state index is 0.397. The second-order valence-electron chi connectivity index (χ2n) is 5.65. The van der Waals surface area contributed by atoms with Crippen LogP contribution in [0, 0.1) is 6.92 Å². The van der Waals surface area contributed by atoms with Gasteiger partial charge < -0.3 is 14.0 Å². The van der Waals surface area contributed by atoms with Crippen LogP contribution in [0.25, 0.3) is 0 Å². The van der Waals surface area contributed by atoms with E-state index in [-0.39, 0.29) is 0 Å². The van der Waals surface area contributed by atoms with Crippen LogP contribution < -0.4 is 9.47 Å². The van der Waals surface area contributed by atoms with Crippen LogP contribution in [0.1, 0.15) is 17.0 Å². The maximum Gasteiger partial charge on any atom is 0.191 e. The zero-order valence-corrected chi connectivity index (χ0v) is 15.4. The summed E-state index contributed by atoms with van der Waals surface area (Å²) in [5.74, 6) is 3.35. The highest BCUT2D eigenvalue weighted by atomic mass is 32.2. The van der Waals surface area contributed by atoms with Crippen LogP contribution in [0.5, 0.6) is 11.5 Å². The van der Waals surface area contributed by atoms with Gasteiger partial charge in [-0.05, 0) is 36.2 Å². The average molecular weight is 355 g/mol. The Kier molecular flexibility index (Phi) is 5.60. The summed E-state index contributed by atoms with van der Waals surface area (Å²) in [6.07, 6.45) is 0. The van der Waals surface area contributed by atoms with Crippen molar-refractivity contribution in [1.29, 1.82) is 0 Å². The lowest BCUT2D eigenvalue weighted by atomic mass is 10.2. The van der Waals surface area contributed by atoms with Gasteiger partial charge in [0.15, 0.2) is 11.0 Å². The number of aromatic nitrogens is 3. The second kappa shape index (κ2) is 8.07. The van der Waals surface area contributed by atoms with E-state index in [9.17, 15) is 0 Å². The van der Waals surface area contributed by atoms with E-state index < -0.39 is 0 Å². The molecule has 1 heterocycles. The van der Waals surface area contributed by atoms with E-state index in [0.29, 0.717) is 6.61 Å². The quantitative estimate of drug-likeness (QED) is 0.600. The molecule has 0 radical (unpaired) electrons. The van der Waals surface area contributed by atoms with Crippen molar-refractivity contribution < 1.29 is 9.47 Å². The lowest BCUT2D eigenvalue weighted by Gasteiger charge is -2.08. The number of benzene rings is 2. The predicted octanol–water partition coefficient (Wildman–Crippen LogP) is 4.00. The Morgan fingerprint density at radius 1 is 1.08 bits per heavy atom. The number of para-hydroxylation sites is 1. The monoisotopic (exact) mass is 355 g/mol. The Labute approximate surface area is 152 Å². The molecule has 0 saturated carbocycles. The van der Waals surface area contributed by atoms with Crippen molar-refractivity contribution in [3.8, 4) is 11.5 Å². The fourth-order valence-corrected chi connectivity index (χ4v) is 3.24. The molecule has 0 unspecified atom stereocenters. The zero-order chi connectivity index (χ0) is 17.6. The van der Waals surface area contributed by atoms with Crippen LogP contribution in [0.3, 0.4) is 0 Å². The highest BCUT2D eigenvalue weighted by Gasteiger charge is 2.11. The lowest BCUT2D eigenvalue weighted by Crippen LogP contribution is -2.04. The van der Waals surface area contributed by atoms with Gasteiger partial charge in [0, 0.05) is 12.8 Å². The molecule has 5 nitrogen and oxygen atoms in total. The third-order valence-electron chi connectivity index (χ3n) is 3.88. The van der Waals surface area contributed by atoms with Crippen LogP contribution >= 0.6 is 11.8 Å². The molecule has 0 aliphatic heterocycles. The average Bonchev–Trinajstić information content (AvgIpc) is 2.99. The molecule has 0 bridgehead atoms. The molecule has 0 N–H and O–H groups in total. The van der Waals surface area contributed by atoms with Crippen molar-refractivity contribution in [1.82, 2.24) is 14.8 Å². The van der Waals surface area contributed by atoms with E-state index in [1.807, 2.05) is 61.0 Å². The second-order valence-corrected chi connectivity index (χ2v) is 6.59. The van der Waals surface area contributed by atoms with Gasteiger partial charge in [0.2, 0.25) is 0 Å². The maximum absolute atomic E-state index is 5.86. The minimum absolute atomic E-state index is 0.397. The number of ether oxygens (including phenoxy) is 2. The number of aryl methyl sites for hydroxylation is 1. The number of hydrogen-bond donors (Lipinski definition) is 0. The third kappa shape index (κ3) is 4.33. The van der Waals surface area contributed by atoms with Crippen LogP contribution in [0.2, 0.25) is 0 Å². The Morgan fingerprint density at radius 3 is 2.72 bits per heavy atom. The van der Waals surface area contributed by atoms with Crippen LogP contribution in [-0.4, -0.2) is 21.9 Å². The van der Waals surface area contributed by atoms with Crippen molar-refractivity contribution in [3.05, 3.63) is 65.5 Å². The molecule has 0 aliphatic carbocycles. The van der Waals surface area contributed by atoms with E-state index in [0.717, 1.165) is 33.8 Å². The molecule has 0 spiro atoms. The van der Waals surface area contributed by atoms with Gasteiger partial charge in [0.1, 0.15) is 18.1 Å². The molecule has 0 amide bonds. The highest BCUT2D eigenvalue weighted by molar-refractivity contribution is 7.98.